The van der Waals surface area contributed by atoms with Gasteiger partial charge in [0.05, 0.1) is 23.5 Å². The lowest BCUT2D eigenvalue weighted by molar-refractivity contribution is 0.0950. The van der Waals surface area contributed by atoms with Crippen molar-refractivity contribution in [1.82, 2.24) is 15.3 Å². The number of carbonyl (C=O) groups is 1. The van der Waals surface area contributed by atoms with Gasteiger partial charge >= 0.3 is 0 Å². The van der Waals surface area contributed by atoms with E-state index in [0.29, 0.717) is 18.7 Å². The maximum absolute atomic E-state index is 12.0. The van der Waals surface area contributed by atoms with Gasteiger partial charge in [-0.1, -0.05) is 12.1 Å². The molecule has 102 valence electrons. The summed E-state index contributed by atoms with van der Waals surface area (Å²) in [7, 11) is 0. The Kier molecular flexibility index (Phi) is 4.83. The van der Waals surface area contributed by atoms with Gasteiger partial charge in [-0.05, 0) is 18.2 Å². The number of pyridine rings is 2. The molecule has 2 aromatic rings. The average Bonchev–Trinajstić information content (AvgIpc) is 2.52. The van der Waals surface area contributed by atoms with E-state index in [1.807, 2.05) is 18.2 Å². The van der Waals surface area contributed by atoms with Gasteiger partial charge in [0.1, 0.15) is 0 Å². The Morgan fingerprint density at radius 1 is 1.35 bits per heavy atom. The van der Waals surface area contributed by atoms with Gasteiger partial charge in [-0.2, -0.15) is 0 Å². The van der Waals surface area contributed by atoms with E-state index in [1.54, 1.807) is 24.5 Å². The monoisotopic (exact) mass is 268 g/mol. The molecule has 0 aromatic carbocycles. The van der Waals surface area contributed by atoms with E-state index >= 15 is 0 Å². The van der Waals surface area contributed by atoms with Crippen molar-refractivity contribution in [2.75, 3.05) is 11.9 Å². The third-order valence-corrected chi connectivity index (χ3v) is 2.61. The molecule has 0 bridgehead atoms. The first kappa shape index (κ1) is 13.7. The normalized spacial score (nSPS) is 9.80. The number of nitrogens with zero attached hydrogens (tertiary/aromatic N) is 2. The molecule has 5 nitrogen and oxygen atoms in total. The van der Waals surface area contributed by atoms with Gasteiger partial charge in [0.2, 0.25) is 0 Å². The van der Waals surface area contributed by atoms with E-state index in [2.05, 4.69) is 27.2 Å². The molecular weight excluding hydrogens is 252 g/mol. The Morgan fingerprint density at radius 2 is 2.25 bits per heavy atom. The molecular formula is C15H16N4O. The second-order valence-corrected chi connectivity index (χ2v) is 4.14. The molecule has 0 aliphatic heterocycles. The van der Waals surface area contributed by atoms with Crippen molar-refractivity contribution in [3.8, 4) is 0 Å². The Balaban J connectivity index is 1.96. The number of aromatic nitrogens is 2. The standard InChI is InChI=1S/C15H16N4O/c1-2-6-17-14-8-12(9-16-10-14)15(20)19-11-13-5-3-4-7-18-13/h2-5,7-10,17H,1,6,11H2,(H,19,20). The van der Waals surface area contributed by atoms with Crippen molar-refractivity contribution in [2.45, 2.75) is 6.54 Å². The lowest BCUT2D eigenvalue weighted by Gasteiger charge is -2.07. The highest BCUT2D eigenvalue weighted by Gasteiger charge is 2.06. The summed E-state index contributed by atoms with van der Waals surface area (Å²) in [5.41, 5.74) is 2.11. The zero-order valence-electron chi connectivity index (χ0n) is 11.0. The molecule has 0 aliphatic rings. The fourth-order valence-electron chi connectivity index (χ4n) is 1.63. The molecule has 2 N–H and O–H groups in total. The van der Waals surface area contributed by atoms with Crippen molar-refractivity contribution >= 4 is 11.6 Å². The van der Waals surface area contributed by atoms with Crippen molar-refractivity contribution in [3.05, 3.63) is 66.8 Å². The fourth-order valence-corrected chi connectivity index (χ4v) is 1.63. The Morgan fingerprint density at radius 3 is 3.00 bits per heavy atom. The maximum atomic E-state index is 12.0. The molecule has 20 heavy (non-hydrogen) atoms. The van der Waals surface area contributed by atoms with E-state index in [-0.39, 0.29) is 5.91 Å². The lowest BCUT2D eigenvalue weighted by atomic mass is 10.2. The van der Waals surface area contributed by atoms with E-state index in [0.717, 1.165) is 11.4 Å². The molecule has 5 heteroatoms. The molecule has 0 atom stereocenters. The molecule has 2 rings (SSSR count). The number of rotatable bonds is 6. The number of carbonyl (C=O) groups excluding carboxylic acids is 1. The van der Waals surface area contributed by atoms with Crippen molar-refractivity contribution in [2.24, 2.45) is 0 Å². The highest BCUT2D eigenvalue weighted by atomic mass is 16.1. The van der Waals surface area contributed by atoms with Crippen LogP contribution in [-0.2, 0) is 6.54 Å². The third-order valence-electron chi connectivity index (χ3n) is 2.61. The van der Waals surface area contributed by atoms with Gasteiger partial charge < -0.3 is 10.6 Å². The van der Waals surface area contributed by atoms with Crippen LogP contribution in [0.4, 0.5) is 5.69 Å². The summed E-state index contributed by atoms with van der Waals surface area (Å²) in [4.78, 5) is 20.2. The first-order valence-electron chi connectivity index (χ1n) is 6.27. The van der Waals surface area contributed by atoms with Gasteiger partial charge in [-0.3, -0.25) is 14.8 Å². The topological polar surface area (TPSA) is 66.9 Å². The maximum Gasteiger partial charge on any atom is 0.253 e. The van der Waals surface area contributed by atoms with Crippen molar-refractivity contribution < 1.29 is 4.79 Å². The van der Waals surface area contributed by atoms with E-state index < -0.39 is 0 Å². The quantitative estimate of drug-likeness (QED) is 0.786. The molecule has 0 fully saturated rings. The van der Waals surface area contributed by atoms with Crippen LogP contribution in [-0.4, -0.2) is 22.4 Å². The fraction of sp³-hybridized carbons (Fsp3) is 0.133. The van der Waals surface area contributed by atoms with Crippen LogP contribution in [0.1, 0.15) is 16.1 Å². The summed E-state index contributed by atoms with van der Waals surface area (Å²) in [5.74, 6) is -0.176. The van der Waals surface area contributed by atoms with Crippen LogP contribution >= 0.6 is 0 Å². The first-order chi connectivity index (χ1) is 9.79. The second kappa shape index (κ2) is 7.04. The van der Waals surface area contributed by atoms with Crippen LogP contribution in [0.2, 0.25) is 0 Å². The number of amides is 1. The summed E-state index contributed by atoms with van der Waals surface area (Å²) >= 11 is 0. The summed E-state index contributed by atoms with van der Waals surface area (Å²) in [6.45, 7) is 4.65. The van der Waals surface area contributed by atoms with Crippen LogP contribution in [0.5, 0.6) is 0 Å². The smallest absolute Gasteiger partial charge is 0.253 e. The minimum atomic E-state index is -0.176. The zero-order chi connectivity index (χ0) is 14.2. The van der Waals surface area contributed by atoms with E-state index in [4.69, 9.17) is 0 Å². The van der Waals surface area contributed by atoms with Gasteiger partial charge in [-0.25, -0.2) is 0 Å². The number of nitrogens with one attached hydrogen (secondary N) is 2. The summed E-state index contributed by atoms with van der Waals surface area (Å²) in [5, 5.41) is 5.90. The number of hydrogen-bond donors (Lipinski definition) is 2. The highest BCUT2D eigenvalue weighted by molar-refractivity contribution is 5.94. The summed E-state index contributed by atoms with van der Waals surface area (Å²) in [6.07, 6.45) is 6.64. The Bertz CT molecular complexity index is 583. The molecule has 0 spiro atoms. The van der Waals surface area contributed by atoms with E-state index in [9.17, 15) is 4.79 Å². The summed E-state index contributed by atoms with van der Waals surface area (Å²) in [6, 6.07) is 7.34. The highest BCUT2D eigenvalue weighted by Crippen LogP contribution is 2.08. The third kappa shape index (κ3) is 3.91. The van der Waals surface area contributed by atoms with Crippen LogP contribution in [0.25, 0.3) is 0 Å². The molecule has 0 saturated heterocycles. The van der Waals surface area contributed by atoms with Gasteiger partial charge in [0.15, 0.2) is 0 Å². The van der Waals surface area contributed by atoms with Gasteiger partial charge in [0, 0.05) is 25.1 Å². The Hall–Kier alpha value is -2.69. The van der Waals surface area contributed by atoms with Crippen molar-refractivity contribution in [3.63, 3.8) is 0 Å². The first-order valence-corrected chi connectivity index (χ1v) is 6.27. The molecule has 0 aliphatic carbocycles. The molecule has 0 unspecified atom stereocenters. The zero-order valence-corrected chi connectivity index (χ0v) is 11.0. The predicted octanol–water partition coefficient (Wildman–Crippen LogP) is 2.00. The molecule has 1 amide bonds. The van der Waals surface area contributed by atoms with Crippen LogP contribution in [0, 0.1) is 0 Å². The molecule has 0 saturated carbocycles. The van der Waals surface area contributed by atoms with Gasteiger partial charge in [0.25, 0.3) is 5.91 Å². The van der Waals surface area contributed by atoms with Crippen LogP contribution < -0.4 is 10.6 Å². The minimum Gasteiger partial charge on any atom is -0.380 e. The Labute approximate surface area is 117 Å². The minimum absolute atomic E-state index is 0.176. The summed E-state index contributed by atoms with van der Waals surface area (Å²) < 4.78 is 0. The average molecular weight is 268 g/mol. The van der Waals surface area contributed by atoms with Gasteiger partial charge in [-0.15, -0.1) is 6.58 Å². The molecule has 2 aromatic heterocycles. The lowest BCUT2D eigenvalue weighted by Crippen LogP contribution is -2.23. The molecule has 0 radical (unpaired) electrons. The van der Waals surface area contributed by atoms with Crippen molar-refractivity contribution in [1.29, 1.82) is 0 Å². The SMILES string of the molecule is C=CCNc1cncc(C(=O)NCc2ccccn2)c1. The molecule has 2 heterocycles. The second-order valence-electron chi connectivity index (χ2n) is 4.14. The largest absolute Gasteiger partial charge is 0.380 e. The predicted molar refractivity (Wildman–Crippen MR) is 78.3 cm³/mol. The number of anilines is 1. The number of hydrogen-bond acceptors (Lipinski definition) is 4. The van der Waals surface area contributed by atoms with Crippen LogP contribution in [0.15, 0.2) is 55.5 Å². The van der Waals surface area contributed by atoms with E-state index in [1.165, 1.54) is 6.20 Å². The van der Waals surface area contributed by atoms with Crippen LogP contribution in [0.3, 0.4) is 0 Å².